The molecule has 4 amide bonds. The smallest absolute Gasteiger partial charge is 0.407 e. The van der Waals surface area contributed by atoms with E-state index in [0.29, 0.717) is 48.3 Å². The fourth-order valence-electron chi connectivity index (χ4n) is 6.04. The molecule has 15 heteroatoms. The molecule has 0 fully saturated rings. The molecule has 0 bridgehead atoms. The van der Waals surface area contributed by atoms with E-state index in [9.17, 15) is 19.2 Å². The van der Waals surface area contributed by atoms with Gasteiger partial charge in [0.2, 0.25) is 25.0 Å². The molecule has 0 saturated carbocycles. The summed E-state index contributed by atoms with van der Waals surface area (Å²) in [6.45, 7) is 8.60. The van der Waals surface area contributed by atoms with E-state index in [1.54, 1.807) is 22.2 Å². The second-order valence-corrected chi connectivity index (χ2v) is 12.0. The lowest BCUT2D eigenvalue weighted by atomic mass is 9.99. The van der Waals surface area contributed by atoms with Crippen molar-refractivity contribution in [3.8, 4) is 45.1 Å². The molecule has 2 unspecified atom stereocenters. The lowest BCUT2D eigenvalue weighted by Crippen LogP contribution is -2.42. The molecule has 270 valence electrons. The number of amides is 4. The number of benzene rings is 2. The minimum atomic E-state index is -0.670. The van der Waals surface area contributed by atoms with Gasteiger partial charge in [-0.15, -0.1) is 0 Å². The van der Waals surface area contributed by atoms with E-state index in [1.807, 2.05) is 64.1 Å². The van der Waals surface area contributed by atoms with Gasteiger partial charge in [0.25, 0.3) is 0 Å². The summed E-state index contributed by atoms with van der Waals surface area (Å²) in [5, 5.41) is 4.89. The molecular weight excluding hydrogens is 656 g/mol. The van der Waals surface area contributed by atoms with Crippen LogP contribution in [0.15, 0.2) is 48.8 Å². The van der Waals surface area contributed by atoms with Crippen LogP contribution in [0.5, 0.6) is 11.5 Å². The second kappa shape index (κ2) is 16.7. The van der Waals surface area contributed by atoms with Gasteiger partial charge < -0.3 is 44.6 Å². The highest BCUT2D eigenvalue weighted by molar-refractivity contribution is 5.84. The van der Waals surface area contributed by atoms with Crippen molar-refractivity contribution in [3.05, 3.63) is 60.4 Å². The molecule has 1 aliphatic rings. The van der Waals surface area contributed by atoms with E-state index in [0.717, 1.165) is 40.8 Å². The van der Waals surface area contributed by atoms with Gasteiger partial charge in [0, 0.05) is 24.2 Å². The number of hydrogen-bond acceptors (Lipinski definition) is 9. The topological polar surface area (TPSA) is 184 Å². The molecule has 2 aromatic carbocycles. The largest absolute Gasteiger partial charge is 0.453 e. The summed E-state index contributed by atoms with van der Waals surface area (Å²) in [4.78, 5) is 67.1. The second-order valence-electron chi connectivity index (χ2n) is 12.0. The first-order valence-electron chi connectivity index (χ1n) is 16.9. The summed E-state index contributed by atoms with van der Waals surface area (Å²) in [5.41, 5.74) is 4.99. The molecular formula is C36H44N8O7. The summed E-state index contributed by atoms with van der Waals surface area (Å²) >= 11 is 0. The molecule has 4 aromatic rings. The number of aromatic amines is 2. The third kappa shape index (κ3) is 8.14. The molecule has 2 aromatic heterocycles. The Bertz CT molecular complexity index is 1840. The Kier molecular flexibility index (Phi) is 11.9. The van der Waals surface area contributed by atoms with Gasteiger partial charge in [-0.25, -0.2) is 14.8 Å². The molecule has 15 nitrogen and oxygen atoms in total. The number of carbonyl (C=O) groups is 4. The van der Waals surface area contributed by atoms with Crippen molar-refractivity contribution in [1.82, 2.24) is 40.4 Å². The van der Waals surface area contributed by atoms with Crippen molar-refractivity contribution < 1.29 is 33.4 Å². The summed E-state index contributed by atoms with van der Waals surface area (Å²) in [6, 6.07) is 11.2. The van der Waals surface area contributed by atoms with Crippen LogP contribution in [0, 0.1) is 0 Å². The molecule has 5 rings (SSSR count). The van der Waals surface area contributed by atoms with E-state index < -0.39 is 6.09 Å². The zero-order valence-corrected chi connectivity index (χ0v) is 29.4. The number of carbonyl (C=O) groups excluding carboxylic acids is 4. The molecule has 4 N–H and O–H groups in total. The van der Waals surface area contributed by atoms with Crippen LogP contribution < -0.4 is 20.1 Å². The molecule has 0 radical (unpaired) electrons. The third-order valence-corrected chi connectivity index (χ3v) is 8.71. The van der Waals surface area contributed by atoms with Gasteiger partial charge in [-0.1, -0.05) is 38.1 Å². The van der Waals surface area contributed by atoms with Gasteiger partial charge in [0.15, 0.2) is 11.5 Å². The van der Waals surface area contributed by atoms with Gasteiger partial charge >= 0.3 is 6.09 Å². The maximum atomic E-state index is 12.9. The molecule has 51 heavy (non-hydrogen) atoms. The Labute approximate surface area is 296 Å². The lowest BCUT2D eigenvalue weighted by Gasteiger charge is -2.27. The quantitative estimate of drug-likeness (QED) is 0.122. The summed E-state index contributed by atoms with van der Waals surface area (Å²) in [5.74, 6) is 2.01. The van der Waals surface area contributed by atoms with Crippen molar-refractivity contribution in [2.24, 2.45) is 0 Å². The Balaban J connectivity index is 1.33. The minimum Gasteiger partial charge on any atom is -0.453 e. The first-order valence-corrected chi connectivity index (χ1v) is 16.9. The standard InChI is InChI=1S/C36H44N8O7/c1-6-14-43(30(46)18-37-20-45)22(3)34-38-16-28(41-34)25-10-8-24(9-11-25)26-12-13-27(33-32(26)50-21-51-33)29-17-39-35(42-29)23(4)44(15-7-2)31(47)19-40-36(48)49-5/h8-13,16-17,20,22-23H,6-7,14-15,18-19,21H2,1-5H3,(H,37,45)(H,38,41)(H,39,42)(H,40,48). The van der Waals surface area contributed by atoms with E-state index in [-0.39, 0.29) is 43.8 Å². The van der Waals surface area contributed by atoms with Crippen molar-refractivity contribution in [2.45, 2.75) is 52.6 Å². The summed E-state index contributed by atoms with van der Waals surface area (Å²) in [7, 11) is 1.25. The van der Waals surface area contributed by atoms with Crippen LogP contribution in [0.25, 0.3) is 33.6 Å². The minimum absolute atomic E-state index is 0.0661. The van der Waals surface area contributed by atoms with Crippen LogP contribution in [0.1, 0.15) is 64.3 Å². The van der Waals surface area contributed by atoms with Crippen molar-refractivity contribution in [3.63, 3.8) is 0 Å². The zero-order chi connectivity index (χ0) is 36.5. The number of hydrogen-bond donors (Lipinski definition) is 4. The Morgan fingerprint density at radius 2 is 1.35 bits per heavy atom. The normalized spacial score (nSPS) is 12.9. The lowest BCUT2D eigenvalue weighted by molar-refractivity contribution is -0.133. The third-order valence-electron chi connectivity index (χ3n) is 8.71. The van der Waals surface area contributed by atoms with Crippen LogP contribution in [-0.2, 0) is 19.1 Å². The summed E-state index contributed by atoms with van der Waals surface area (Å²) < 4.78 is 16.5. The zero-order valence-electron chi connectivity index (χ0n) is 29.4. The highest BCUT2D eigenvalue weighted by Gasteiger charge is 2.28. The molecule has 1 aliphatic heterocycles. The van der Waals surface area contributed by atoms with E-state index >= 15 is 0 Å². The van der Waals surface area contributed by atoms with Crippen LogP contribution in [0.3, 0.4) is 0 Å². The van der Waals surface area contributed by atoms with Gasteiger partial charge in [-0.3, -0.25) is 14.4 Å². The highest BCUT2D eigenvalue weighted by atomic mass is 16.7. The van der Waals surface area contributed by atoms with Gasteiger partial charge in [0.1, 0.15) is 18.2 Å². The molecule has 2 atom stereocenters. The van der Waals surface area contributed by atoms with Gasteiger partial charge in [-0.05, 0) is 49.9 Å². The van der Waals surface area contributed by atoms with E-state index in [4.69, 9.17) is 9.47 Å². The fraction of sp³-hybridized carbons (Fsp3) is 0.389. The first kappa shape index (κ1) is 36.4. The number of aromatic nitrogens is 4. The first-order chi connectivity index (χ1) is 24.7. The number of H-pyrrole nitrogens is 2. The Morgan fingerprint density at radius 1 is 0.824 bits per heavy atom. The van der Waals surface area contributed by atoms with Crippen molar-refractivity contribution >= 4 is 24.3 Å². The van der Waals surface area contributed by atoms with Crippen LogP contribution >= 0.6 is 0 Å². The molecule has 0 saturated heterocycles. The van der Waals surface area contributed by atoms with Crippen molar-refractivity contribution in [2.75, 3.05) is 40.1 Å². The maximum Gasteiger partial charge on any atom is 0.407 e. The van der Waals surface area contributed by atoms with E-state index in [1.165, 1.54) is 7.11 Å². The Morgan fingerprint density at radius 3 is 1.94 bits per heavy atom. The number of rotatable bonds is 16. The average molecular weight is 701 g/mol. The van der Waals surface area contributed by atoms with E-state index in [2.05, 4.69) is 35.3 Å². The summed E-state index contributed by atoms with van der Waals surface area (Å²) in [6.07, 6.45) is 4.80. The van der Waals surface area contributed by atoms with Crippen molar-refractivity contribution in [1.29, 1.82) is 0 Å². The molecule has 3 heterocycles. The number of imidazole rings is 2. The SMILES string of the molecule is CCCN(C(=O)CNC=O)C(C)c1ncc(-c2ccc(-c3ccc(-c4cnc(C(C)N(CCC)C(=O)CNC(=O)OC)[nH]4)c4c3OCO4)cc2)[nH]1. The highest BCUT2D eigenvalue weighted by Crippen LogP contribution is 2.47. The van der Waals surface area contributed by atoms with Crippen LogP contribution in [0.4, 0.5) is 4.79 Å². The number of methoxy groups -OCH3 is 1. The van der Waals surface area contributed by atoms with Gasteiger partial charge in [-0.2, -0.15) is 0 Å². The molecule has 0 aliphatic carbocycles. The number of nitrogens with zero attached hydrogens (tertiary/aromatic N) is 4. The Hall–Kier alpha value is -5.86. The predicted molar refractivity (Wildman–Crippen MR) is 188 cm³/mol. The maximum absolute atomic E-state index is 12.9. The predicted octanol–water partition coefficient (Wildman–Crippen LogP) is 4.56. The number of ether oxygens (including phenoxy) is 3. The molecule has 0 spiro atoms. The average Bonchev–Trinajstić information content (AvgIpc) is 3.95. The van der Waals surface area contributed by atoms with Crippen LogP contribution in [-0.4, -0.2) is 94.1 Å². The van der Waals surface area contributed by atoms with Crippen LogP contribution in [0.2, 0.25) is 0 Å². The van der Waals surface area contributed by atoms with Gasteiger partial charge in [0.05, 0.1) is 49.5 Å². The number of nitrogens with one attached hydrogen (secondary N) is 4. The number of alkyl carbamates (subject to hydrolysis) is 1. The monoisotopic (exact) mass is 700 g/mol. The number of fused-ring (bicyclic) bond motifs is 1. The fourth-order valence-corrected chi connectivity index (χ4v) is 6.04.